The second-order valence-corrected chi connectivity index (χ2v) is 5.40. The van der Waals surface area contributed by atoms with Crippen LogP contribution in [0.25, 0.3) is 0 Å². The van der Waals surface area contributed by atoms with Gasteiger partial charge in [-0.1, -0.05) is 18.1 Å². The van der Waals surface area contributed by atoms with E-state index in [1.807, 2.05) is 6.07 Å². The molecule has 0 aromatic heterocycles. The average Bonchev–Trinajstić information content (AvgIpc) is 2.54. The summed E-state index contributed by atoms with van der Waals surface area (Å²) in [5.74, 6) is 3.19. The number of terminal acetylenes is 1. The van der Waals surface area contributed by atoms with Gasteiger partial charge in [0.1, 0.15) is 5.75 Å². The first kappa shape index (κ1) is 16.3. The zero-order chi connectivity index (χ0) is 15.9. The van der Waals surface area contributed by atoms with Gasteiger partial charge >= 0.3 is 0 Å². The standard InChI is InChI=1S/C17H22N2O3/c1-3-7-18-8-10-19(11-9-18)17(21)13-22-16-6-4-5-15(12-16)14(2)20/h1,4-6,12,14,20H,7-11,13H2,2H3. The zero-order valence-electron chi connectivity index (χ0n) is 12.9. The molecule has 1 saturated heterocycles. The number of amides is 1. The molecule has 0 spiro atoms. The molecule has 1 aromatic carbocycles. The van der Waals surface area contributed by atoms with Crippen molar-refractivity contribution in [1.29, 1.82) is 0 Å². The van der Waals surface area contributed by atoms with Crippen molar-refractivity contribution in [2.24, 2.45) is 0 Å². The van der Waals surface area contributed by atoms with E-state index in [4.69, 9.17) is 11.2 Å². The predicted molar refractivity (Wildman–Crippen MR) is 84.4 cm³/mol. The second-order valence-electron chi connectivity index (χ2n) is 5.40. The molecule has 1 atom stereocenters. The molecule has 1 aromatic rings. The Morgan fingerprint density at radius 3 is 2.77 bits per heavy atom. The fourth-order valence-corrected chi connectivity index (χ4v) is 2.39. The van der Waals surface area contributed by atoms with E-state index in [1.165, 1.54) is 0 Å². The minimum Gasteiger partial charge on any atom is -0.484 e. The summed E-state index contributed by atoms with van der Waals surface area (Å²) in [7, 11) is 0. The lowest BCUT2D eigenvalue weighted by Crippen LogP contribution is -2.49. The van der Waals surface area contributed by atoms with Crippen LogP contribution >= 0.6 is 0 Å². The fourth-order valence-electron chi connectivity index (χ4n) is 2.39. The number of nitrogens with zero attached hydrogens (tertiary/aromatic N) is 2. The molecule has 2 rings (SSSR count). The van der Waals surface area contributed by atoms with Gasteiger partial charge in [-0.05, 0) is 24.6 Å². The Kier molecular flexibility index (Phi) is 5.82. The van der Waals surface area contributed by atoms with Crippen molar-refractivity contribution in [1.82, 2.24) is 9.80 Å². The van der Waals surface area contributed by atoms with Crippen LogP contribution in [0.15, 0.2) is 24.3 Å². The largest absolute Gasteiger partial charge is 0.484 e. The van der Waals surface area contributed by atoms with Gasteiger partial charge in [-0.3, -0.25) is 9.69 Å². The van der Waals surface area contributed by atoms with Gasteiger partial charge in [0.05, 0.1) is 12.6 Å². The molecule has 1 unspecified atom stereocenters. The molecule has 0 aliphatic carbocycles. The molecule has 5 nitrogen and oxygen atoms in total. The summed E-state index contributed by atoms with van der Waals surface area (Å²) in [6, 6.07) is 7.16. The van der Waals surface area contributed by atoms with Crippen LogP contribution in [0.5, 0.6) is 5.75 Å². The van der Waals surface area contributed by atoms with Crippen molar-refractivity contribution in [3.8, 4) is 18.1 Å². The van der Waals surface area contributed by atoms with Gasteiger partial charge in [0.2, 0.25) is 0 Å². The zero-order valence-corrected chi connectivity index (χ0v) is 12.9. The van der Waals surface area contributed by atoms with E-state index in [-0.39, 0.29) is 12.5 Å². The molecule has 1 fully saturated rings. The van der Waals surface area contributed by atoms with Crippen LogP contribution in [0.2, 0.25) is 0 Å². The summed E-state index contributed by atoms with van der Waals surface area (Å²) in [6.07, 6.45) is 4.74. The molecule has 118 valence electrons. The Balaban J connectivity index is 1.81. The molecule has 1 heterocycles. The van der Waals surface area contributed by atoms with E-state index in [2.05, 4.69) is 10.8 Å². The average molecular weight is 302 g/mol. The Morgan fingerprint density at radius 2 is 2.14 bits per heavy atom. The number of aliphatic hydroxyl groups is 1. The molecule has 1 amide bonds. The number of piperazine rings is 1. The highest BCUT2D eigenvalue weighted by atomic mass is 16.5. The first-order valence-electron chi connectivity index (χ1n) is 7.44. The highest BCUT2D eigenvalue weighted by molar-refractivity contribution is 5.77. The lowest BCUT2D eigenvalue weighted by Gasteiger charge is -2.33. The lowest BCUT2D eigenvalue weighted by atomic mass is 10.1. The number of ether oxygens (including phenoxy) is 1. The first-order valence-corrected chi connectivity index (χ1v) is 7.44. The predicted octanol–water partition coefficient (Wildman–Crippen LogP) is 0.896. The first-order chi connectivity index (χ1) is 10.6. The van der Waals surface area contributed by atoms with Gasteiger partial charge in [-0.2, -0.15) is 0 Å². The van der Waals surface area contributed by atoms with Crippen LogP contribution in [-0.4, -0.2) is 60.1 Å². The number of rotatable bonds is 5. The fraction of sp³-hybridized carbons (Fsp3) is 0.471. The highest BCUT2D eigenvalue weighted by Crippen LogP contribution is 2.18. The van der Waals surface area contributed by atoms with E-state index in [9.17, 15) is 9.90 Å². The smallest absolute Gasteiger partial charge is 0.260 e. The van der Waals surface area contributed by atoms with E-state index in [1.54, 1.807) is 30.0 Å². The summed E-state index contributed by atoms with van der Waals surface area (Å²) in [5.41, 5.74) is 0.771. The summed E-state index contributed by atoms with van der Waals surface area (Å²) in [5, 5.41) is 9.55. The van der Waals surface area contributed by atoms with Crippen molar-refractivity contribution < 1.29 is 14.6 Å². The molecule has 0 saturated carbocycles. The Bertz CT molecular complexity index is 543. The second kappa shape index (κ2) is 7.83. The summed E-state index contributed by atoms with van der Waals surface area (Å²) in [4.78, 5) is 16.1. The molecule has 1 aliphatic rings. The van der Waals surface area contributed by atoms with Crippen LogP contribution in [0.1, 0.15) is 18.6 Å². The van der Waals surface area contributed by atoms with Gasteiger partial charge < -0.3 is 14.7 Å². The van der Waals surface area contributed by atoms with E-state index in [0.717, 1.165) is 18.7 Å². The number of hydrogen-bond donors (Lipinski definition) is 1. The quantitative estimate of drug-likeness (QED) is 0.821. The minimum atomic E-state index is -0.552. The van der Waals surface area contributed by atoms with Crippen molar-refractivity contribution >= 4 is 5.91 Å². The molecule has 0 radical (unpaired) electrons. The van der Waals surface area contributed by atoms with Crippen molar-refractivity contribution in [2.45, 2.75) is 13.0 Å². The molecule has 22 heavy (non-hydrogen) atoms. The summed E-state index contributed by atoms with van der Waals surface area (Å²) >= 11 is 0. The van der Waals surface area contributed by atoms with Crippen LogP contribution in [-0.2, 0) is 4.79 Å². The van der Waals surface area contributed by atoms with Gasteiger partial charge in [-0.15, -0.1) is 6.42 Å². The van der Waals surface area contributed by atoms with Gasteiger partial charge in [0.25, 0.3) is 5.91 Å². The molecule has 0 bridgehead atoms. The van der Waals surface area contributed by atoms with Crippen LogP contribution in [0, 0.1) is 12.3 Å². The van der Waals surface area contributed by atoms with Gasteiger partial charge in [0, 0.05) is 26.2 Å². The highest BCUT2D eigenvalue weighted by Gasteiger charge is 2.20. The normalized spacial score (nSPS) is 16.9. The molecule has 5 heteroatoms. The summed E-state index contributed by atoms with van der Waals surface area (Å²) in [6.45, 7) is 5.29. The number of carbonyl (C=O) groups is 1. The van der Waals surface area contributed by atoms with Gasteiger partial charge in [-0.25, -0.2) is 0 Å². The monoisotopic (exact) mass is 302 g/mol. The van der Waals surface area contributed by atoms with Crippen LogP contribution < -0.4 is 4.74 Å². The van der Waals surface area contributed by atoms with E-state index in [0.29, 0.717) is 25.4 Å². The lowest BCUT2D eigenvalue weighted by molar-refractivity contribution is -0.135. The number of hydrogen-bond acceptors (Lipinski definition) is 4. The van der Waals surface area contributed by atoms with Crippen molar-refractivity contribution in [3.05, 3.63) is 29.8 Å². The molecule has 1 aliphatic heterocycles. The number of aliphatic hydroxyl groups excluding tert-OH is 1. The Hall–Kier alpha value is -2.03. The minimum absolute atomic E-state index is 0.0123. The van der Waals surface area contributed by atoms with Crippen LogP contribution in [0.4, 0.5) is 0 Å². The third-order valence-electron chi connectivity index (χ3n) is 3.74. The topological polar surface area (TPSA) is 53.0 Å². The number of carbonyl (C=O) groups excluding carboxylic acids is 1. The third kappa shape index (κ3) is 4.48. The van der Waals surface area contributed by atoms with Crippen molar-refractivity contribution in [2.75, 3.05) is 39.3 Å². The molecular formula is C17H22N2O3. The summed E-state index contributed by atoms with van der Waals surface area (Å²) < 4.78 is 5.54. The van der Waals surface area contributed by atoms with Crippen molar-refractivity contribution in [3.63, 3.8) is 0 Å². The number of benzene rings is 1. The van der Waals surface area contributed by atoms with Gasteiger partial charge in [0.15, 0.2) is 6.61 Å². The molecule has 1 N–H and O–H groups in total. The third-order valence-corrected chi connectivity index (χ3v) is 3.74. The van der Waals surface area contributed by atoms with E-state index < -0.39 is 6.10 Å². The van der Waals surface area contributed by atoms with E-state index >= 15 is 0 Å². The SMILES string of the molecule is C#CCN1CCN(C(=O)COc2cccc(C(C)O)c2)CC1. The van der Waals surface area contributed by atoms with Crippen LogP contribution in [0.3, 0.4) is 0 Å². The molecular weight excluding hydrogens is 280 g/mol. The maximum Gasteiger partial charge on any atom is 0.260 e. The maximum atomic E-state index is 12.1. The Labute approximate surface area is 131 Å². The Morgan fingerprint density at radius 1 is 1.41 bits per heavy atom. The maximum absolute atomic E-state index is 12.1.